The van der Waals surface area contributed by atoms with Crippen LogP contribution in [0.15, 0.2) is 82.8 Å². The van der Waals surface area contributed by atoms with Gasteiger partial charge in [-0.25, -0.2) is 8.42 Å². The molecule has 7 nitrogen and oxygen atoms in total. The quantitative estimate of drug-likeness (QED) is 0.533. The van der Waals surface area contributed by atoms with Crippen molar-refractivity contribution in [2.45, 2.75) is 26.6 Å². The number of carbonyl (C=O) groups excluding carboxylic acids is 1. The number of amides is 1. The van der Waals surface area contributed by atoms with Gasteiger partial charge in [0.1, 0.15) is 0 Å². The number of aliphatic hydroxyl groups is 2. The molecule has 0 fully saturated rings. The van der Waals surface area contributed by atoms with Crippen LogP contribution in [0.1, 0.15) is 26.7 Å². The summed E-state index contributed by atoms with van der Waals surface area (Å²) in [7, 11) is -2.57. The lowest BCUT2D eigenvalue weighted by Crippen LogP contribution is -2.36. The van der Waals surface area contributed by atoms with Gasteiger partial charge in [-0.05, 0) is 42.3 Å². The monoisotopic (exact) mass is 470 g/mol. The Morgan fingerprint density at radius 3 is 2.53 bits per heavy atom. The number of nitrogens with zero attached hydrogens (tertiary/aromatic N) is 2. The summed E-state index contributed by atoms with van der Waals surface area (Å²) < 4.78 is 26.8. The smallest absolute Gasteiger partial charge is 0.253 e. The van der Waals surface area contributed by atoms with Crippen molar-refractivity contribution >= 4 is 27.5 Å². The van der Waals surface area contributed by atoms with E-state index in [1.807, 2.05) is 12.1 Å². The van der Waals surface area contributed by atoms with Crippen LogP contribution in [0.2, 0.25) is 0 Å². The van der Waals surface area contributed by atoms with Crippen molar-refractivity contribution in [2.75, 3.05) is 13.6 Å². The van der Waals surface area contributed by atoms with Gasteiger partial charge in [0.25, 0.3) is 5.91 Å². The Morgan fingerprint density at radius 2 is 1.84 bits per heavy atom. The van der Waals surface area contributed by atoms with E-state index in [-0.39, 0.29) is 16.0 Å². The van der Waals surface area contributed by atoms with Crippen LogP contribution in [-0.2, 0) is 16.3 Å². The van der Waals surface area contributed by atoms with Crippen molar-refractivity contribution in [1.82, 2.24) is 9.88 Å². The molecule has 2 aromatic carbocycles. The fourth-order valence-corrected chi connectivity index (χ4v) is 7.16. The first-order valence-electron chi connectivity index (χ1n) is 9.92. The number of carbonyl (C=O) groups is 1. The van der Waals surface area contributed by atoms with Crippen molar-refractivity contribution in [3.63, 3.8) is 0 Å². The molecule has 1 unspecified atom stereocenters. The summed E-state index contributed by atoms with van der Waals surface area (Å²) in [5, 5.41) is 17.0. The predicted octanol–water partition coefficient (Wildman–Crippen LogP) is 2.66. The molecule has 0 bridgehead atoms. The summed E-state index contributed by atoms with van der Waals surface area (Å²) in [6.07, 6.45) is 3.98. The van der Waals surface area contributed by atoms with Gasteiger partial charge in [0.05, 0.1) is 4.90 Å². The normalized spacial score (nSPS) is 17.0. The molecule has 0 saturated carbocycles. The molecule has 3 aromatic rings. The van der Waals surface area contributed by atoms with E-state index in [1.165, 1.54) is 23.1 Å². The van der Waals surface area contributed by atoms with E-state index in [0.717, 1.165) is 5.56 Å². The summed E-state index contributed by atoms with van der Waals surface area (Å²) in [6, 6.07) is 16.1. The Hall–Kier alpha value is -2.72. The van der Waals surface area contributed by atoms with Gasteiger partial charge in [-0.3, -0.25) is 9.78 Å². The number of benzene rings is 2. The molecular formula is C23H22N2O5S2. The van der Waals surface area contributed by atoms with Crippen LogP contribution in [0.25, 0.3) is 0 Å². The predicted molar refractivity (Wildman–Crippen MR) is 121 cm³/mol. The van der Waals surface area contributed by atoms with Crippen LogP contribution in [0.5, 0.6) is 0 Å². The molecule has 9 heteroatoms. The highest BCUT2D eigenvalue weighted by atomic mass is 32.2. The van der Waals surface area contributed by atoms with E-state index in [2.05, 4.69) is 4.98 Å². The fourth-order valence-electron chi connectivity index (χ4n) is 3.75. The van der Waals surface area contributed by atoms with Gasteiger partial charge in [0.2, 0.25) is 5.12 Å². The fraction of sp³-hybridized carbons (Fsp3) is 0.217. The number of aromatic nitrogens is 1. The lowest BCUT2D eigenvalue weighted by atomic mass is 10.0. The maximum Gasteiger partial charge on any atom is 0.253 e. The van der Waals surface area contributed by atoms with Crippen LogP contribution in [0.3, 0.4) is 0 Å². The van der Waals surface area contributed by atoms with Crippen LogP contribution in [0.4, 0.5) is 0 Å². The van der Waals surface area contributed by atoms with Crippen LogP contribution in [0, 0.1) is 0 Å². The standard InChI is InChI=1S/C23H22N2O5S2/c1-25(14-12-16-7-6-13-24-15-16)22(26)18-10-5-11-19-20(18)21(23(27,28)31-19)32(29,30)17-8-3-2-4-9-17/h2-11,13,15,21,27-28H,12,14H2,1H3. The van der Waals surface area contributed by atoms with Gasteiger partial charge in [-0.15, -0.1) is 0 Å². The molecule has 32 heavy (non-hydrogen) atoms. The highest BCUT2D eigenvalue weighted by Gasteiger charge is 2.54. The maximum absolute atomic E-state index is 13.4. The number of fused-ring (bicyclic) bond motifs is 1. The van der Waals surface area contributed by atoms with Crippen molar-refractivity contribution in [3.8, 4) is 0 Å². The number of sulfone groups is 1. The van der Waals surface area contributed by atoms with Crippen LogP contribution < -0.4 is 0 Å². The summed E-state index contributed by atoms with van der Waals surface area (Å²) in [4.78, 5) is 19.2. The molecule has 0 radical (unpaired) electrons. The van der Waals surface area contributed by atoms with Gasteiger partial charge in [-0.2, -0.15) is 0 Å². The number of hydrogen-bond acceptors (Lipinski definition) is 7. The minimum atomic E-state index is -4.20. The topological polar surface area (TPSA) is 108 Å². The average molecular weight is 471 g/mol. The zero-order valence-corrected chi connectivity index (χ0v) is 18.9. The first kappa shape index (κ1) is 22.5. The average Bonchev–Trinajstić information content (AvgIpc) is 3.08. The van der Waals surface area contributed by atoms with E-state index in [9.17, 15) is 23.4 Å². The Balaban J connectivity index is 1.70. The second kappa shape index (κ2) is 8.67. The Morgan fingerprint density at radius 1 is 1.09 bits per heavy atom. The Labute approximate surface area is 190 Å². The summed E-state index contributed by atoms with van der Waals surface area (Å²) in [5.74, 6) is -0.391. The first-order chi connectivity index (χ1) is 15.2. The van der Waals surface area contributed by atoms with E-state index in [1.54, 1.807) is 49.8 Å². The lowest BCUT2D eigenvalue weighted by molar-refractivity contribution is -0.0754. The molecule has 166 valence electrons. The summed E-state index contributed by atoms with van der Waals surface area (Å²) >= 11 is 0.629. The SMILES string of the molecule is CN(CCc1cccnc1)C(=O)c1cccc2c1C(S(=O)(=O)c1ccccc1)C(O)(O)S2. The van der Waals surface area contributed by atoms with E-state index < -0.39 is 26.1 Å². The molecule has 2 heterocycles. The van der Waals surface area contributed by atoms with E-state index >= 15 is 0 Å². The number of hydrogen-bond donors (Lipinski definition) is 2. The van der Waals surface area contributed by atoms with Gasteiger partial charge < -0.3 is 15.1 Å². The molecule has 1 atom stereocenters. The molecule has 1 amide bonds. The molecule has 4 rings (SSSR count). The summed E-state index contributed by atoms with van der Waals surface area (Å²) in [5.41, 5.74) is 1.22. The van der Waals surface area contributed by atoms with E-state index in [0.29, 0.717) is 29.6 Å². The minimum absolute atomic E-state index is 0.0434. The Kier molecular flexibility index (Phi) is 6.09. The molecule has 1 aliphatic heterocycles. The summed E-state index contributed by atoms with van der Waals surface area (Å²) in [6.45, 7) is 0.390. The second-order valence-electron chi connectivity index (χ2n) is 7.55. The molecule has 0 aliphatic carbocycles. The molecule has 1 aromatic heterocycles. The third kappa shape index (κ3) is 4.16. The largest absolute Gasteiger partial charge is 0.356 e. The molecule has 2 N–H and O–H groups in total. The zero-order chi connectivity index (χ0) is 22.9. The highest BCUT2D eigenvalue weighted by Crippen LogP contribution is 2.55. The highest BCUT2D eigenvalue weighted by molar-refractivity contribution is 8.02. The number of pyridine rings is 1. The van der Waals surface area contributed by atoms with Crippen LogP contribution >= 0.6 is 11.8 Å². The minimum Gasteiger partial charge on any atom is -0.356 e. The van der Waals surface area contributed by atoms with Crippen molar-refractivity contribution < 1.29 is 23.4 Å². The third-order valence-corrected chi connectivity index (χ3v) is 8.72. The number of rotatable bonds is 6. The molecule has 1 aliphatic rings. The van der Waals surface area contributed by atoms with Gasteiger partial charge in [0, 0.05) is 42.0 Å². The van der Waals surface area contributed by atoms with Crippen molar-refractivity contribution in [1.29, 1.82) is 0 Å². The van der Waals surface area contributed by atoms with Crippen molar-refractivity contribution in [3.05, 3.63) is 89.7 Å². The van der Waals surface area contributed by atoms with Gasteiger partial charge in [-0.1, -0.05) is 42.1 Å². The zero-order valence-electron chi connectivity index (χ0n) is 17.2. The molecular weight excluding hydrogens is 448 g/mol. The van der Waals surface area contributed by atoms with Crippen LogP contribution in [-0.4, -0.2) is 53.1 Å². The maximum atomic E-state index is 13.4. The lowest BCUT2D eigenvalue weighted by Gasteiger charge is -2.25. The van der Waals surface area contributed by atoms with E-state index in [4.69, 9.17) is 0 Å². The molecule has 0 spiro atoms. The Bertz CT molecular complexity index is 1230. The van der Waals surface area contributed by atoms with Crippen molar-refractivity contribution in [2.24, 2.45) is 0 Å². The molecule has 0 saturated heterocycles. The number of likely N-dealkylation sites (N-methyl/N-ethyl adjacent to an activating group) is 1. The van der Waals surface area contributed by atoms with Gasteiger partial charge >= 0.3 is 0 Å². The third-order valence-electron chi connectivity index (χ3n) is 5.35. The van der Waals surface area contributed by atoms with Gasteiger partial charge in [0.15, 0.2) is 15.1 Å². The second-order valence-corrected chi connectivity index (χ2v) is 10.8. The number of thioether (sulfide) groups is 1. The first-order valence-corrected chi connectivity index (χ1v) is 12.3.